The average molecular weight is 244 g/mol. The normalized spacial score (nSPS) is 25.1. The van der Waals surface area contributed by atoms with Gasteiger partial charge in [0, 0.05) is 18.4 Å². The fourth-order valence-corrected chi connectivity index (χ4v) is 2.96. The van der Waals surface area contributed by atoms with Crippen LogP contribution in [0, 0.1) is 5.92 Å². The molecule has 0 amide bonds. The van der Waals surface area contributed by atoms with Crippen LogP contribution in [-0.2, 0) is 9.53 Å². The minimum Gasteiger partial charge on any atom is -0.466 e. The maximum atomic E-state index is 13.1. The molecule has 96 valence electrons. The van der Waals surface area contributed by atoms with E-state index in [1.54, 1.807) is 0 Å². The van der Waals surface area contributed by atoms with E-state index in [1.165, 1.54) is 7.11 Å². The van der Waals surface area contributed by atoms with Crippen LogP contribution < -0.4 is 0 Å². The van der Waals surface area contributed by atoms with E-state index in [0.717, 1.165) is 30.4 Å². The number of esters is 1. The highest BCUT2D eigenvalue weighted by Gasteiger charge is 2.38. The molecule has 0 aromatic heterocycles. The lowest BCUT2D eigenvalue weighted by Crippen LogP contribution is -2.25. The summed E-state index contributed by atoms with van der Waals surface area (Å²) >= 11 is 0. The van der Waals surface area contributed by atoms with Crippen molar-refractivity contribution < 1.29 is 18.3 Å². The van der Waals surface area contributed by atoms with E-state index in [2.05, 4.69) is 0 Å². The van der Waals surface area contributed by atoms with Gasteiger partial charge in [0.05, 0.1) is 7.11 Å². The van der Waals surface area contributed by atoms with Gasteiger partial charge in [-0.05, 0) is 38.0 Å². The Morgan fingerprint density at radius 3 is 2.53 bits per heavy atom. The van der Waals surface area contributed by atoms with Gasteiger partial charge in [-0.2, -0.15) is 0 Å². The summed E-state index contributed by atoms with van der Waals surface area (Å²) in [4.78, 5) is 11.6. The quantitative estimate of drug-likeness (QED) is 0.695. The van der Waals surface area contributed by atoms with Crippen molar-refractivity contribution in [3.05, 3.63) is 11.1 Å². The van der Waals surface area contributed by atoms with Crippen molar-refractivity contribution in [1.82, 2.24) is 0 Å². The van der Waals surface area contributed by atoms with Gasteiger partial charge in [0.25, 0.3) is 0 Å². The first kappa shape index (κ1) is 12.5. The Morgan fingerprint density at radius 2 is 1.94 bits per heavy atom. The van der Waals surface area contributed by atoms with Gasteiger partial charge in [-0.3, -0.25) is 0 Å². The molecule has 4 heteroatoms. The lowest BCUT2D eigenvalue weighted by atomic mass is 9.80. The molecule has 0 spiro atoms. The maximum Gasteiger partial charge on any atom is 0.333 e. The first-order chi connectivity index (χ1) is 8.03. The van der Waals surface area contributed by atoms with Crippen molar-refractivity contribution in [1.29, 1.82) is 0 Å². The number of hydrogen-bond donors (Lipinski definition) is 0. The van der Waals surface area contributed by atoms with E-state index >= 15 is 0 Å². The summed E-state index contributed by atoms with van der Waals surface area (Å²) in [5.74, 6) is -2.60. The maximum absolute atomic E-state index is 13.1. The summed E-state index contributed by atoms with van der Waals surface area (Å²) in [6.45, 7) is 0. The van der Waals surface area contributed by atoms with E-state index in [9.17, 15) is 13.6 Å². The summed E-state index contributed by atoms with van der Waals surface area (Å²) in [5, 5.41) is 0. The third kappa shape index (κ3) is 2.67. The number of allylic oxidation sites excluding steroid dienone is 1. The molecule has 2 rings (SSSR count). The first-order valence-electron chi connectivity index (χ1n) is 6.21. The molecule has 1 fully saturated rings. The highest BCUT2D eigenvalue weighted by atomic mass is 19.3. The van der Waals surface area contributed by atoms with Gasteiger partial charge in [0.15, 0.2) is 0 Å². The zero-order chi connectivity index (χ0) is 12.5. The van der Waals surface area contributed by atoms with E-state index in [-0.39, 0.29) is 24.7 Å². The summed E-state index contributed by atoms with van der Waals surface area (Å²) in [6, 6.07) is 0. The molecule has 2 aliphatic carbocycles. The van der Waals surface area contributed by atoms with Gasteiger partial charge < -0.3 is 4.74 Å². The highest BCUT2D eigenvalue weighted by Crippen LogP contribution is 2.43. The third-order valence-electron chi connectivity index (χ3n) is 3.90. The van der Waals surface area contributed by atoms with Crippen LogP contribution in [0.25, 0.3) is 0 Å². The van der Waals surface area contributed by atoms with Gasteiger partial charge in [0.2, 0.25) is 5.92 Å². The Balaban J connectivity index is 2.09. The predicted octanol–water partition coefficient (Wildman–Crippen LogP) is 3.47. The number of hydrogen-bond acceptors (Lipinski definition) is 2. The number of alkyl halides is 2. The second kappa shape index (κ2) is 4.75. The fourth-order valence-electron chi connectivity index (χ4n) is 2.96. The smallest absolute Gasteiger partial charge is 0.333 e. The molecule has 0 N–H and O–H groups in total. The molecule has 0 bridgehead atoms. The fraction of sp³-hybridized carbons (Fsp3) is 0.769. The Labute approximate surface area is 100 Å². The van der Waals surface area contributed by atoms with Gasteiger partial charge in [-0.1, -0.05) is 5.57 Å². The van der Waals surface area contributed by atoms with Crippen molar-refractivity contribution in [2.24, 2.45) is 5.92 Å². The van der Waals surface area contributed by atoms with E-state index in [4.69, 9.17) is 4.74 Å². The van der Waals surface area contributed by atoms with Crippen LogP contribution >= 0.6 is 0 Å². The molecule has 2 aliphatic rings. The van der Waals surface area contributed by atoms with Crippen molar-refractivity contribution in [2.75, 3.05) is 7.11 Å². The van der Waals surface area contributed by atoms with Crippen molar-refractivity contribution in [2.45, 2.75) is 50.9 Å². The van der Waals surface area contributed by atoms with E-state index in [1.807, 2.05) is 0 Å². The molecule has 0 aliphatic heterocycles. The number of carbonyl (C=O) groups is 1. The van der Waals surface area contributed by atoms with Crippen LogP contribution in [-0.4, -0.2) is 19.0 Å². The van der Waals surface area contributed by atoms with Gasteiger partial charge >= 0.3 is 5.97 Å². The SMILES string of the molecule is COC(=O)C1=C(C2CCC(F)(F)CC2)CCC1. The zero-order valence-corrected chi connectivity index (χ0v) is 10.1. The predicted molar refractivity (Wildman–Crippen MR) is 59.8 cm³/mol. The minimum absolute atomic E-state index is 0.0460. The molecule has 2 nitrogen and oxygen atoms in total. The first-order valence-corrected chi connectivity index (χ1v) is 6.21. The van der Waals surface area contributed by atoms with Crippen LogP contribution in [0.15, 0.2) is 11.1 Å². The number of carbonyl (C=O) groups excluding carboxylic acids is 1. The Morgan fingerprint density at radius 1 is 1.29 bits per heavy atom. The van der Waals surface area contributed by atoms with Crippen LogP contribution in [0.1, 0.15) is 44.9 Å². The van der Waals surface area contributed by atoms with Crippen molar-refractivity contribution in [3.63, 3.8) is 0 Å². The van der Waals surface area contributed by atoms with Gasteiger partial charge in [-0.25, -0.2) is 13.6 Å². The molecule has 0 radical (unpaired) electrons. The van der Waals surface area contributed by atoms with Crippen molar-refractivity contribution in [3.8, 4) is 0 Å². The molecule has 0 heterocycles. The van der Waals surface area contributed by atoms with Crippen molar-refractivity contribution >= 4 is 5.97 Å². The largest absolute Gasteiger partial charge is 0.466 e. The second-order valence-electron chi connectivity index (χ2n) is 4.98. The van der Waals surface area contributed by atoms with Crippen LogP contribution in [0.3, 0.4) is 0 Å². The minimum atomic E-state index is -2.50. The summed E-state index contributed by atoms with van der Waals surface area (Å²) in [7, 11) is 1.38. The summed E-state index contributed by atoms with van der Waals surface area (Å²) < 4.78 is 30.9. The summed E-state index contributed by atoms with van der Waals surface area (Å²) in [5.41, 5.74) is 1.84. The molecule has 0 aromatic carbocycles. The Kier molecular flexibility index (Phi) is 3.50. The topological polar surface area (TPSA) is 26.3 Å². The third-order valence-corrected chi connectivity index (χ3v) is 3.90. The lowest BCUT2D eigenvalue weighted by Gasteiger charge is -2.29. The monoisotopic (exact) mass is 244 g/mol. The Hall–Kier alpha value is -0.930. The molecule has 0 aromatic rings. The standard InChI is InChI=1S/C13H18F2O2/c1-17-12(16)11-4-2-3-10(11)9-5-7-13(14,15)8-6-9/h9H,2-8H2,1H3. The number of halogens is 2. The second-order valence-corrected chi connectivity index (χ2v) is 4.98. The molecular formula is C13H18F2O2. The Bertz CT molecular complexity index is 337. The molecule has 0 unspecified atom stereocenters. The zero-order valence-electron chi connectivity index (χ0n) is 10.1. The highest BCUT2D eigenvalue weighted by molar-refractivity contribution is 5.89. The number of methoxy groups -OCH3 is 1. The van der Waals surface area contributed by atoms with Gasteiger partial charge in [-0.15, -0.1) is 0 Å². The molecule has 17 heavy (non-hydrogen) atoms. The van der Waals surface area contributed by atoms with Crippen LogP contribution in [0.5, 0.6) is 0 Å². The van der Waals surface area contributed by atoms with Gasteiger partial charge in [0.1, 0.15) is 0 Å². The van der Waals surface area contributed by atoms with E-state index < -0.39 is 5.92 Å². The number of rotatable bonds is 2. The molecule has 0 saturated heterocycles. The number of ether oxygens (including phenoxy) is 1. The van der Waals surface area contributed by atoms with E-state index in [0.29, 0.717) is 12.8 Å². The van der Waals surface area contributed by atoms with Crippen LogP contribution in [0.4, 0.5) is 8.78 Å². The average Bonchev–Trinajstić information content (AvgIpc) is 2.77. The summed E-state index contributed by atoms with van der Waals surface area (Å²) in [6.07, 6.45) is 3.49. The van der Waals surface area contributed by atoms with Crippen LogP contribution in [0.2, 0.25) is 0 Å². The molecule has 1 saturated carbocycles. The molecule has 0 atom stereocenters. The lowest BCUT2D eigenvalue weighted by molar-refractivity contribution is -0.136. The molecular weight excluding hydrogens is 226 g/mol.